The second-order valence-corrected chi connectivity index (χ2v) is 5.06. The molecule has 1 unspecified atom stereocenters. The molecule has 1 amide bonds. The highest BCUT2D eigenvalue weighted by atomic mass is 16.2. The van der Waals surface area contributed by atoms with E-state index in [-0.39, 0.29) is 17.5 Å². The number of aromatic amines is 2. The van der Waals surface area contributed by atoms with E-state index in [0.29, 0.717) is 11.1 Å². The van der Waals surface area contributed by atoms with Crippen LogP contribution >= 0.6 is 0 Å². The Hall–Kier alpha value is -2.37. The first-order valence-corrected chi connectivity index (χ1v) is 6.66. The van der Waals surface area contributed by atoms with Crippen molar-refractivity contribution in [3.8, 4) is 0 Å². The van der Waals surface area contributed by atoms with E-state index in [1.54, 1.807) is 13.1 Å². The summed E-state index contributed by atoms with van der Waals surface area (Å²) in [5.74, 6) is -0.0455. The lowest BCUT2D eigenvalue weighted by atomic mass is 10.1. The predicted octanol–water partition coefficient (Wildman–Crippen LogP) is 1.38. The number of nitrogens with one attached hydrogen (secondary N) is 2. The van der Waals surface area contributed by atoms with Crippen LogP contribution < -0.4 is 5.56 Å². The van der Waals surface area contributed by atoms with Crippen LogP contribution in [0, 0.1) is 6.92 Å². The van der Waals surface area contributed by atoms with Crippen LogP contribution in [0.15, 0.2) is 29.3 Å². The lowest BCUT2D eigenvalue weighted by molar-refractivity contribution is 0.0731. The molecular formula is C14H16N4O2. The smallest absolute Gasteiger partial charge is 0.256 e. The normalized spacial score (nSPS) is 18.4. The lowest BCUT2D eigenvalue weighted by Gasteiger charge is -2.24. The van der Waals surface area contributed by atoms with Gasteiger partial charge in [0, 0.05) is 25.0 Å². The van der Waals surface area contributed by atoms with Crippen LogP contribution in [0.3, 0.4) is 0 Å². The monoisotopic (exact) mass is 272 g/mol. The molecule has 6 heteroatoms. The summed E-state index contributed by atoms with van der Waals surface area (Å²) in [4.78, 5) is 28.3. The Morgan fingerprint density at radius 2 is 2.35 bits per heavy atom. The van der Waals surface area contributed by atoms with Gasteiger partial charge in [-0.15, -0.1) is 0 Å². The molecule has 3 heterocycles. The molecule has 6 nitrogen and oxygen atoms in total. The predicted molar refractivity (Wildman–Crippen MR) is 73.4 cm³/mol. The van der Waals surface area contributed by atoms with E-state index in [1.165, 1.54) is 12.3 Å². The summed E-state index contributed by atoms with van der Waals surface area (Å²) in [5, 5.41) is 6.89. The van der Waals surface area contributed by atoms with Gasteiger partial charge < -0.3 is 9.88 Å². The summed E-state index contributed by atoms with van der Waals surface area (Å²) in [6.07, 6.45) is 5.10. The van der Waals surface area contributed by atoms with Crippen LogP contribution in [-0.2, 0) is 0 Å². The Bertz CT molecular complexity index is 675. The van der Waals surface area contributed by atoms with E-state index in [2.05, 4.69) is 15.2 Å². The summed E-state index contributed by atoms with van der Waals surface area (Å²) in [6, 6.07) is 3.39. The van der Waals surface area contributed by atoms with Gasteiger partial charge in [-0.05, 0) is 31.4 Å². The van der Waals surface area contributed by atoms with E-state index < -0.39 is 0 Å². The van der Waals surface area contributed by atoms with Crippen LogP contribution in [0.2, 0.25) is 0 Å². The minimum atomic E-state index is -0.189. The molecule has 2 aromatic heterocycles. The Morgan fingerprint density at radius 3 is 3.05 bits per heavy atom. The Balaban J connectivity index is 1.91. The number of pyridine rings is 1. The lowest BCUT2D eigenvalue weighted by Crippen LogP contribution is -2.31. The van der Waals surface area contributed by atoms with E-state index in [4.69, 9.17) is 0 Å². The van der Waals surface area contributed by atoms with Gasteiger partial charge in [0.1, 0.15) is 0 Å². The van der Waals surface area contributed by atoms with Crippen molar-refractivity contribution in [3.63, 3.8) is 0 Å². The van der Waals surface area contributed by atoms with Crippen LogP contribution in [0.1, 0.15) is 40.5 Å². The fourth-order valence-electron chi connectivity index (χ4n) is 2.74. The molecule has 0 aliphatic carbocycles. The van der Waals surface area contributed by atoms with E-state index >= 15 is 0 Å². The topological polar surface area (TPSA) is 81.8 Å². The van der Waals surface area contributed by atoms with E-state index in [9.17, 15) is 9.59 Å². The summed E-state index contributed by atoms with van der Waals surface area (Å²) in [6.45, 7) is 2.50. The van der Waals surface area contributed by atoms with Gasteiger partial charge in [0.05, 0.1) is 17.3 Å². The molecule has 0 spiro atoms. The zero-order chi connectivity index (χ0) is 14.1. The van der Waals surface area contributed by atoms with Gasteiger partial charge in [-0.25, -0.2) is 0 Å². The van der Waals surface area contributed by atoms with Crippen LogP contribution in [-0.4, -0.2) is 32.5 Å². The molecule has 2 aromatic rings. The summed E-state index contributed by atoms with van der Waals surface area (Å²) in [5.41, 5.74) is 2.02. The third kappa shape index (κ3) is 2.13. The number of aromatic nitrogens is 3. The second kappa shape index (κ2) is 4.96. The maximum atomic E-state index is 12.7. The van der Waals surface area contributed by atoms with Crippen molar-refractivity contribution in [2.45, 2.75) is 25.8 Å². The minimum Gasteiger partial charge on any atom is -0.330 e. The third-order valence-electron chi connectivity index (χ3n) is 3.76. The van der Waals surface area contributed by atoms with Crippen molar-refractivity contribution >= 4 is 5.91 Å². The van der Waals surface area contributed by atoms with E-state index in [0.717, 1.165) is 25.1 Å². The highest BCUT2D eigenvalue weighted by Crippen LogP contribution is 2.32. The number of rotatable bonds is 2. The molecule has 1 saturated heterocycles. The fraction of sp³-hybridized carbons (Fsp3) is 0.357. The first-order valence-electron chi connectivity index (χ1n) is 6.66. The number of amides is 1. The molecule has 0 saturated carbocycles. The molecular weight excluding hydrogens is 256 g/mol. The van der Waals surface area contributed by atoms with Gasteiger partial charge in [-0.1, -0.05) is 0 Å². The van der Waals surface area contributed by atoms with Crippen LogP contribution in [0.5, 0.6) is 0 Å². The number of carbonyl (C=O) groups excluding carboxylic acids is 1. The molecule has 0 bridgehead atoms. The van der Waals surface area contributed by atoms with Crippen molar-refractivity contribution < 1.29 is 4.79 Å². The van der Waals surface area contributed by atoms with Crippen molar-refractivity contribution in [1.29, 1.82) is 0 Å². The Kier molecular flexibility index (Phi) is 3.14. The molecule has 104 valence electrons. The number of hydrogen-bond donors (Lipinski definition) is 2. The standard InChI is InChI=1S/C14H16N4O2/c1-9-7-13(19)15-8-10(9)14(20)18-6-2-3-12(18)11-4-5-16-17-11/h4-5,7-8,12H,2-3,6H2,1H3,(H,15,19)(H,16,17). The molecule has 1 aliphatic heterocycles. The Labute approximate surface area is 115 Å². The van der Waals surface area contributed by atoms with Crippen molar-refractivity contribution in [3.05, 3.63) is 51.7 Å². The largest absolute Gasteiger partial charge is 0.330 e. The van der Waals surface area contributed by atoms with Crippen molar-refractivity contribution in [1.82, 2.24) is 20.1 Å². The molecule has 1 atom stereocenters. The van der Waals surface area contributed by atoms with Gasteiger partial charge in [-0.2, -0.15) is 5.10 Å². The SMILES string of the molecule is Cc1cc(=O)[nH]cc1C(=O)N1CCCC1c1ccn[nH]1. The molecule has 20 heavy (non-hydrogen) atoms. The highest BCUT2D eigenvalue weighted by molar-refractivity contribution is 5.95. The Morgan fingerprint density at radius 1 is 1.50 bits per heavy atom. The molecule has 0 aromatic carbocycles. The number of carbonyl (C=O) groups is 1. The summed E-state index contributed by atoms with van der Waals surface area (Å²) < 4.78 is 0. The zero-order valence-corrected chi connectivity index (χ0v) is 11.2. The van der Waals surface area contributed by atoms with Gasteiger partial charge in [-0.3, -0.25) is 14.7 Å². The maximum Gasteiger partial charge on any atom is 0.256 e. The minimum absolute atomic E-state index is 0.0383. The molecule has 2 N–H and O–H groups in total. The number of aryl methyl sites for hydroxylation is 1. The van der Waals surface area contributed by atoms with Gasteiger partial charge in [0.2, 0.25) is 5.56 Å². The number of nitrogens with zero attached hydrogens (tertiary/aromatic N) is 2. The number of hydrogen-bond acceptors (Lipinski definition) is 3. The number of likely N-dealkylation sites (tertiary alicyclic amines) is 1. The first kappa shape index (κ1) is 12.7. The summed E-state index contributed by atoms with van der Waals surface area (Å²) in [7, 11) is 0. The molecule has 1 aliphatic rings. The second-order valence-electron chi connectivity index (χ2n) is 5.06. The summed E-state index contributed by atoms with van der Waals surface area (Å²) >= 11 is 0. The van der Waals surface area contributed by atoms with Gasteiger partial charge in [0.15, 0.2) is 0 Å². The molecule has 3 rings (SSSR count). The van der Waals surface area contributed by atoms with Crippen LogP contribution in [0.25, 0.3) is 0 Å². The quantitative estimate of drug-likeness (QED) is 0.866. The van der Waals surface area contributed by atoms with Crippen LogP contribution in [0.4, 0.5) is 0 Å². The van der Waals surface area contributed by atoms with Crippen molar-refractivity contribution in [2.24, 2.45) is 0 Å². The van der Waals surface area contributed by atoms with E-state index in [1.807, 2.05) is 11.0 Å². The highest BCUT2D eigenvalue weighted by Gasteiger charge is 2.32. The average Bonchev–Trinajstić information content (AvgIpc) is 3.09. The molecule has 0 radical (unpaired) electrons. The van der Waals surface area contributed by atoms with Gasteiger partial charge >= 0.3 is 0 Å². The maximum absolute atomic E-state index is 12.7. The molecule has 1 fully saturated rings. The average molecular weight is 272 g/mol. The van der Waals surface area contributed by atoms with Crippen molar-refractivity contribution in [2.75, 3.05) is 6.54 Å². The zero-order valence-electron chi connectivity index (χ0n) is 11.2. The fourth-order valence-corrected chi connectivity index (χ4v) is 2.74. The van der Waals surface area contributed by atoms with Gasteiger partial charge in [0.25, 0.3) is 5.91 Å². The third-order valence-corrected chi connectivity index (χ3v) is 3.76. The number of H-pyrrole nitrogens is 2. The first-order chi connectivity index (χ1) is 9.66.